The highest BCUT2D eigenvalue weighted by Crippen LogP contribution is 2.33. The van der Waals surface area contributed by atoms with Crippen LogP contribution < -0.4 is 0 Å². The molecular formula is C10H18O4. The number of hydrogen-bond donors (Lipinski definition) is 0. The Morgan fingerprint density at radius 3 is 2.50 bits per heavy atom. The van der Waals surface area contributed by atoms with Crippen LogP contribution in [0.15, 0.2) is 0 Å². The van der Waals surface area contributed by atoms with E-state index in [1.807, 2.05) is 6.92 Å². The van der Waals surface area contributed by atoms with Crippen molar-refractivity contribution in [2.75, 3.05) is 20.3 Å². The van der Waals surface area contributed by atoms with E-state index >= 15 is 0 Å². The predicted molar refractivity (Wildman–Crippen MR) is 50.7 cm³/mol. The Morgan fingerprint density at radius 2 is 2.07 bits per heavy atom. The van der Waals surface area contributed by atoms with E-state index in [1.54, 1.807) is 6.92 Å². The van der Waals surface area contributed by atoms with Crippen LogP contribution in [0.5, 0.6) is 0 Å². The molecule has 0 aromatic rings. The molecule has 1 heterocycles. The second kappa shape index (κ2) is 4.75. The van der Waals surface area contributed by atoms with Crippen molar-refractivity contribution in [2.45, 2.75) is 32.5 Å². The van der Waals surface area contributed by atoms with Crippen molar-refractivity contribution >= 4 is 5.97 Å². The van der Waals surface area contributed by atoms with Gasteiger partial charge in [0, 0.05) is 6.42 Å². The Kier molecular flexibility index (Phi) is 3.89. The lowest BCUT2D eigenvalue weighted by Gasteiger charge is -2.31. The molecule has 1 rings (SSSR count). The Balaban J connectivity index is 2.71. The van der Waals surface area contributed by atoms with Gasteiger partial charge < -0.3 is 14.2 Å². The summed E-state index contributed by atoms with van der Waals surface area (Å²) in [7, 11) is 1.38. The van der Waals surface area contributed by atoms with E-state index in [9.17, 15) is 4.79 Å². The lowest BCUT2D eigenvalue weighted by Crippen LogP contribution is -2.42. The van der Waals surface area contributed by atoms with Crippen LogP contribution in [0.3, 0.4) is 0 Å². The summed E-state index contributed by atoms with van der Waals surface area (Å²) in [6, 6.07) is 0. The summed E-state index contributed by atoms with van der Waals surface area (Å²) >= 11 is 0. The normalized spacial score (nSPS) is 21.9. The van der Waals surface area contributed by atoms with Crippen LogP contribution in [0.1, 0.15) is 26.7 Å². The lowest BCUT2D eigenvalue weighted by molar-refractivity contribution is -0.208. The summed E-state index contributed by atoms with van der Waals surface area (Å²) < 4.78 is 15.8. The van der Waals surface area contributed by atoms with Crippen LogP contribution in [0, 0.1) is 5.92 Å². The molecule has 1 aliphatic rings. The van der Waals surface area contributed by atoms with Crippen molar-refractivity contribution in [1.29, 1.82) is 0 Å². The standard InChI is InChI=1S/C10H18O4/c1-4-5-10(13-6-7-14-10)8(2)9(11)12-3/h8H,4-7H2,1-3H3. The molecule has 0 bridgehead atoms. The van der Waals surface area contributed by atoms with Gasteiger partial charge in [-0.1, -0.05) is 13.3 Å². The van der Waals surface area contributed by atoms with Gasteiger partial charge in [-0.15, -0.1) is 0 Å². The molecule has 1 atom stereocenters. The lowest BCUT2D eigenvalue weighted by atomic mass is 9.96. The van der Waals surface area contributed by atoms with Crippen molar-refractivity contribution in [3.05, 3.63) is 0 Å². The van der Waals surface area contributed by atoms with Crippen LogP contribution in [-0.4, -0.2) is 32.1 Å². The van der Waals surface area contributed by atoms with E-state index in [-0.39, 0.29) is 11.9 Å². The fraction of sp³-hybridized carbons (Fsp3) is 0.900. The number of methoxy groups -OCH3 is 1. The van der Waals surface area contributed by atoms with Gasteiger partial charge >= 0.3 is 5.97 Å². The maximum atomic E-state index is 11.4. The third kappa shape index (κ3) is 2.07. The third-order valence-corrected chi connectivity index (χ3v) is 2.59. The van der Waals surface area contributed by atoms with Crippen molar-refractivity contribution in [2.24, 2.45) is 5.92 Å². The summed E-state index contributed by atoms with van der Waals surface area (Å²) in [6.07, 6.45) is 1.64. The third-order valence-electron chi connectivity index (χ3n) is 2.59. The highest BCUT2D eigenvalue weighted by Gasteiger charge is 2.45. The van der Waals surface area contributed by atoms with Gasteiger partial charge in [-0.25, -0.2) is 0 Å². The van der Waals surface area contributed by atoms with E-state index in [0.717, 1.165) is 12.8 Å². The predicted octanol–water partition coefficient (Wildman–Crippen LogP) is 1.34. The van der Waals surface area contributed by atoms with Crippen LogP contribution in [-0.2, 0) is 19.0 Å². The number of ether oxygens (including phenoxy) is 3. The van der Waals surface area contributed by atoms with E-state index in [2.05, 4.69) is 0 Å². The molecule has 14 heavy (non-hydrogen) atoms. The van der Waals surface area contributed by atoms with Gasteiger partial charge in [-0.05, 0) is 6.92 Å². The van der Waals surface area contributed by atoms with Crippen molar-refractivity contribution in [3.63, 3.8) is 0 Å². The second-order valence-corrected chi connectivity index (χ2v) is 3.50. The molecule has 0 radical (unpaired) electrons. The number of rotatable bonds is 4. The van der Waals surface area contributed by atoms with E-state index in [4.69, 9.17) is 14.2 Å². The van der Waals surface area contributed by atoms with Crippen molar-refractivity contribution in [1.82, 2.24) is 0 Å². The van der Waals surface area contributed by atoms with Crippen LogP contribution in [0.2, 0.25) is 0 Å². The fourth-order valence-electron chi connectivity index (χ4n) is 1.79. The molecule has 1 fully saturated rings. The topological polar surface area (TPSA) is 44.8 Å². The Hall–Kier alpha value is -0.610. The van der Waals surface area contributed by atoms with Gasteiger partial charge in [0.15, 0.2) is 5.79 Å². The SMILES string of the molecule is CCCC1(C(C)C(=O)OC)OCCO1. The monoisotopic (exact) mass is 202 g/mol. The summed E-state index contributed by atoms with van der Waals surface area (Å²) in [5.74, 6) is -1.39. The number of hydrogen-bond acceptors (Lipinski definition) is 4. The molecular weight excluding hydrogens is 184 g/mol. The largest absolute Gasteiger partial charge is 0.469 e. The first-order valence-corrected chi connectivity index (χ1v) is 5.02. The van der Waals surface area contributed by atoms with E-state index < -0.39 is 5.79 Å². The van der Waals surface area contributed by atoms with Crippen molar-refractivity contribution in [3.8, 4) is 0 Å². The fourth-order valence-corrected chi connectivity index (χ4v) is 1.79. The molecule has 0 aliphatic carbocycles. The first kappa shape index (κ1) is 11.5. The van der Waals surface area contributed by atoms with Gasteiger partial charge in [-0.3, -0.25) is 4.79 Å². The molecule has 0 aromatic carbocycles. The molecule has 0 amide bonds. The minimum atomic E-state index is -0.748. The Morgan fingerprint density at radius 1 is 1.50 bits per heavy atom. The maximum absolute atomic E-state index is 11.4. The smallest absolute Gasteiger partial charge is 0.313 e. The average molecular weight is 202 g/mol. The quantitative estimate of drug-likeness (QED) is 0.645. The van der Waals surface area contributed by atoms with Gasteiger partial charge in [0.05, 0.1) is 20.3 Å². The molecule has 1 aliphatic heterocycles. The van der Waals surface area contributed by atoms with Crippen LogP contribution >= 0.6 is 0 Å². The summed E-state index contributed by atoms with van der Waals surface area (Å²) in [5, 5.41) is 0. The zero-order valence-electron chi connectivity index (χ0n) is 9.04. The highest BCUT2D eigenvalue weighted by atomic mass is 16.7. The molecule has 0 spiro atoms. The molecule has 82 valence electrons. The van der Waals surface area contributed by atoms with Gasteiger partial charge in [-0.2, -0.15) is 0 Å². The summed E-state index contributed by atoms with van der Waals surface area (Å²) in [4.78, 5) is 11.4. The van der Waals surface area contributed by atoms with Crippen molar-refractivity contribution < 1.29 is 19.0 Å². The number of esters is 1. The second-order valence-electron chi connectivity index (χ2n) is 3.50. The minimum Gasteiger partial charge on any atom is -0.469 e. The number of carbonyl (C=O) groups is 1. The molecule has 0 N–H and O–H groups in total. The highest BCUT2D eigenvalue weighted by molar-refractivity contribution is 5.73. The Bertz CT molecular complexity index is 196. The summed E-state index contributed by atoms with van der Waals surface area (Å²) in [5.41, 5.74) is 0. The average Bonchev–Trinajstić information content (AvgIpc) is 2.66. The minimum absolute atomic E-state index is 0.277. The van der Waals surface area contributed by atoms with Crippen LogP contribution in [0.4, 0.5) is 0 Å². The molecule has 0 aromatic heterocycles. The molecule has 0 saturated carbocycles. The molecule has 1 unspecified atom stereocenters. The van der Waals surface area contributed by atoms with Gasteiger partial charge in [0.2, 0.25) is 0 Å². The van der Waals surface area contributed by atoms with E-state index in [1.165, 1.54) is 7.11 Å². The molecule has 4 nitrogen and oxygen atoms in total. The summed E-state index contributed by atoms with van der Waals surface area (Å²) in [6.45, 7) is 4.94. The Labute approximate surface area is 84.5 Å². The van der Waals surface area contributed by atoms with E-state index in [0.29, 0.717) is 13.2 Å². The van der Waals surface area contributed by atoms with Crippen LogP contribution in [0.25, 0.3) is 0 Å². The molecule has 1 saturated heterocycles. The zero-order chi connectivity index (χ0) is 10.6. The van der Waals surface area contributed by atoms with Gasteiger partial charge in [0.1, 0.15) is 5.92 Å². The first-order chi connectivity index (χ1) is 6.66. The van der Waals surface area contributed by atoms with Gasteiger partial charge in [0.25, 0.3) is 0 Å². The number of carbonyl (C=O) groups excluding carboxylic acids is 1. The first-order valence-electron chi connectivity index (χ1n) is 5.02. The zero-order valence-corrected chi connectivity index (χ0v) is 9.04. The molecule has 4 heteroatoms. The maximum Gasteiger partial charge on any atom is 0.313 e.